The molecule has 0 aliphatic carbocycles. The fourth-order valence-electron chi connectivity index (χ4n) is 1.53. The molecule has 0 atom stereocenters. The predicted molar refractivity (Wildman–Crippen MR) is 69.3 cm³/mol. The Morgan fingerprint density at radius 2 is 1.29 bits per heavy atom. The second kappa shape index (κ2) is 11.5. The van der Waals surface area contributed by atoms with Crippen LogP contribution in [0.15, 0.2) is 0 Å². The summed E-state index contributed by atoms with van der Waals surface area (Å²) in [6.07, 6.45) is 8.02. The van der Waals surface area contributed by atoms with E-state index in [4.69, 9.17) is 0 Å². The molecule has 0 heterocycles. The maximum absolute atomic E-state index is 3.49. The molecule has 0 saturated carbocycles. The lowest BCUT2D eigenvalue weighted by Crippen LogP contribution is -2.27. The Kier molecular flexibility index (Phi) is 11.9. The summed E-state index contributed by atoms with van der Waals surface area (Å²) >= 11 is 3.49. The molecule has 0 amide bonds. The molecule has 14 heavy (non-hydrogen) atoms. The maximum atomic E-state index is 3.49. The van der Waals surface area contributed by atoms with Crippen LogP contribution < -0.4 is 0 Å². The Labute approximate surface area is 98.4 Å². The molecule has 0 saturated heterocycles. The van der Waals surface area contributed by atoms with Crippen molar-refractivity contribution in [1.29, 1.82) is 0 Å². The van der Waals surface area contributed by atoms with Gasteiger partial charge in [-0.1, -0.05) is 42.6 Å². The van der Waals surface area contributed by atoms with Gasteiger partial charge in [-0.2, -0.15) is 0 Å². The molecule has 0 aromatic heterocycles. The summed E-state index contributed by atoms with van der Waals surface area (Å²) in [5, 5.41) is 1.16. The van der Waals surface area contributed by atoms with Gasteiger partial charge in [-0.15, -0.1) is 0 Å². The summed E-state index contributed by atoms with van der Waals surface area (Å²) in [5.41, 5.74) is 0. The third-order valence-corrected chi connectivity index (χ3v) is 3.07. The van der Waals surface area contributed by atoms with Crippen LogP contribution >= 0.6 is 15.9 Å². The summed E-state index contributed by atoms with van der Waals surface area (Å²) in [6.45, 7) is 8.45. The summed E-state index contributed by atoms with van der Waals surface area (Å²) in [4.78, 5) is 2.63. The topological polar surface area (TPSA) is 3.24 Å². The number of hydrogen-bond donors (Lipinski definition) is 0. The molecule has 0 unspecified atom stereocenters. The SMILES string of the molecule is CCCCN(CCCC)CCCCBr. The fourth-order valence-corrected chi connectivity index (χ4v) is 1.93. The molecule has 2 heteroatoms. The molecule has 0 spiro atoms. The zero-order chi connectivity index (χ0) is 10.6. The average molecular weight is 264 g/mol. The zero-order valence-corrected chi connectivity index (χ0v) is 11.5. The highest BCUT2D eigenvalue weighted by atomic mass is 79.9. The van der Waals surface area contributed by atoms with E-state index in [0.717, 1.165) is 5.33 Å². The normalized spacial score (nSPS) is 11.1. The van der Waals surface area contributed by atoms with E-state index in [1.807, 2.05) is 0 Å². The first-order chi connectivity index (χ1) is 6.85. The molecule has 0 fully saturated rings. The van der Waals surface area contributed by atoms with E-state index in [1.54, 1.807) is 0 Å². The van der Waals surface area contributed by atoms with Gasteiger partial charge in [0.1, 0.15) is 0 Å². The Morgan fingerprint density at radius 3 is 1.71 bits per heavy atom. The maximum Gasteiger partial charge on any atom is 0.00317 e. The molecule has 0 aromatic rings. The van der Waals surface area contributed by atoms with Crippen molar-refractivity contribution in [2.75, 3.05) is 25.0 Å². The van der Waals surface area contributed by atoms with Crippen molar-refractivity contribution in [3.8, 4) is 0 Å². The molecule has 0 aliphatic heterocycles. The lowest BCUT2D eigenvalue weighted by atomic mass is 10.2. The van der Waals surface area contributed by atoms with E-state index < -0.39 is 0 Å². The van der Waals surface area contributed by atoms with E-state index >= 15 is 0 Å². The first-order valence-corrected chi connectivity index (χ1v) is 7.25. The Hall–Kier alpha value is 0.440. The Morgan fingerprint density at radius 1 is 0.786 bits per heavy atom. The molecular weight excluding hydrogens is 238 g/mol. The number of alkyl halides is 1. The van der Waals surface area contributed by atoms with Crippen molar-refractivity contribution in [3.05, 3.63) is 0 Å². The van der Waals surface area contributed by atoms with Crippen LogP contribution in [0.2, 0.25) is 0 Å². The summed E-state index contributed by atoms with van der Waals surface area (Å²) in [6, 6.07) is 0. The van der Waals surface area contributed by atoms with Crippen LogP contribution in [0.4, 0.5) is 0 Å². The van der Waals surface area contributed by atoms with Crippen LogP contribution in [0.25, 0.3) is 0 Å². The van der Waals surface area contributed by atoms with Crippen molar-refractivity contribution >= 4 is 15.9 Å². The van der Waals surface area contributed by atoms with Gasteiger partial charge in [0.05, 0.1) is 0 Å². The van der Waals surface area contributed by atoms with Crippen molar-refractivity contribution in [3.63, 3.8) is 0 Å². The van der Waals surface area contributed by atoms with Gasteiger partial charge in [-0.3, -0.25) is 0 Å². The Bertz CT molecular complexity index is 98.5. The van der Waals surface area contributed by atoms with Crippen LogP contribution in [0.3, 0.4) is 0 Å². The molecule has 0 aliphatic rings. The number of unbranched alkanes of at least 4 members (excludes halogenated alkanes) is 3. The van der Waals surface area contributed by atoms with E-state index in [1.165, 1.54) is 58.2 Å². The highest BCUT2D eigenvalue weighted by molar-refractivity contribution is 9.09. The third-order valence-electron chi connectivity index (χ3n) is 2.51. The minimum absolute atomic E-state index is 1.16. The van der Waals surface area contributed by atoms with Crippen LogP contribution in [0.5, 0.6) is 0 Å². The van der Waals surface area contributed by atoms with Gasteiger partial charge in [-0.05, 0) is 45.3 Å². The fraction of sp³-hybridized carbons (Fsp3) is 1.00. The second-order valence-corrected chi connectivity index (χ2v) is 4.74. The largest absolute Gasteiger partial charge is 0.303 e. The minimum Gasteiger partial charge on any atom is -0.303 e. The molecule has 0 N–H and O–H groups in total. The highest BCUT2D eigenvalue weighted by Crippen LogP contribution is 2.02. The first kappa shape index (κ1) is 14.4. The summed E-state index contributed by atoms with van der Waals surface area (Å²) in [7, 11) is 0. The molecule has 0 radical (unpaired) electrons. The minimum atomic E-state index is 1.16. The monoisotopic (exact) mass is 263 g/mol. The van der Waals surface area contributed by atoms with E-state index in [9.17, 15) is 0 Å². The number of nitrogens with zero attached hydrogens (tertiary/aromatic N) is 1. The summed E-state index contributed by atoms with van der Waals surface area (Å²) < 4.78 is 0. The van der Waals surface area contributed by atoms with Crippen molar-refractivity contribution in [2.24, 2.45) is 0 Å². The number of rotatable bonds is 10. The highest BCUT2D eigenvalue weighted by Gasteiger charge is 2.02. The van der Waals surface area contributed by atoms with Crippen molar-refractivity contribution in [2.45, 2.75) is 52.4 Å². The van der Waals surface area contributed by atoms with Crippen LogP contribution in [-0.2, 0) is 0 Å². The standard InChI is InChI=1S/C12H26BrN/c1-3-5-10-14(11-6-4-2)12-8-7-9-13/h3-12H2,1-2H3. The Balaban J connectivity index is 3.49. The van der Waals surface area contributed by atoms with Gasteiger partial charge in [-0.25, -0.2) is 0 Å². The van der Waals surface area contributed by atoms with Gasteiger partial charge in [0, 0.05) is 5.33 Å². The molecular formula is C12H26BrN. The van der Waals surface area contributed by atoms with E-state index in [-0.39, 0.29) is 0 Å². The first-order valence-electron chi connectivity index (χ1n) is 6.13. The third kappa shape index (κ3) is 9.01. The van der Waals surface area contributed by atoms with Crippen LogP contribution in [0.1, 0.15) is 52.4 Å². The summed E-state index contributed by atoms with van der Waals surface area (Å²) in [5.74, 6) is 0. The second-order valence-electron chi connectivity index (χ2n) is 3.94. The average Bonchev–Trinajstić information content (AvgIpc) is 2.21. The van der Waals surface area contributed by atoms with Gasteiger partial charge in [0.25, 0.3) is 0 Å². The number of hydrogen-bond acceptors (Lipinski definition) is 1. The quantitative estimate of drug-likeness (QED) is 0.425. The molecule has 86 valence electrons. The molecule has 0 bridgehead atoms. The van der Waals surface area contributed by atoms with Crippen molar-refractivity contribution < 1.29 is 0 Å². The van der Waals surface area contributed by atoms with Crippen LogP contribution in [-0.4, -0.2) is 29.9 Å². The van der Waals surface area contributed by atoms with Gasteiger partial charge < -0.3 is 4.90 Å². The molecule has 0 aromatic carbocycles. The van der Waals surface area contributed by atoms with Gasteiger partial charge in [0.15, 0.2) is 0 Å². The smallest absolute Gasteiger partial charge is 0.00317 e. The van der Waals surface area contributed by atoms with Gasteiger partial charge in [0.2, 0.25) is 0 Å². The molecule has 1 nitrogen and oxygen atoms in total. The van der Waals surface area contributed by atoms with Gasteiger partial charge >= 0.3 is 0 Å². The van der Waals surface area contributed by atoms with Crippen LogP contribution in [0, 0.1) is 0 Å². The lowest BCUT2D eigenvalue weighted by Gasteiger charge is -2.21. The van der Waals surface area contributed by atoms with Crippen molar-refractivity contribution in [1.82, 2.24) is 4.90 Å². The zero-order valence-electron chi connectivity index (χ0n) is 9.90. The predicted octanol–water partition coefficient (Wildman–Crippen LogP) is 4.06. The lowest BCUT2D eigenvalue weighted by molar-refractivity contribution is 0.261. The van der Waals surface area contributed by atoms with E-state index in [0.29, 0.717) is 0 Å². The van der Waals surface area contributed by atoms with E-state index in [2.05, 4.69) is 34.7 Å². The molecule has 0 rings (SSSR count). The number of halogens is 1.